The number of aromatic amines is 2. The zero-order valence-corrected chi connectivity index (χ0v) is 15.1. The molecule has 3 N–H and O–H groups in total. The molecular formula is C23H18N4O. The molecule has 0 radical (unpaired) electrons. The van der Waals surface area contributed by atoms with Crippen LogP contribution in [0.1, 0.15) is 5.56 Å². The monoisotopic (exact) mass is 366 g/mol. The Morgan fingerprint density at radius 3 is 2.57 bits per heavy atom. The number of anilines is 1. The van der Waals surface area contributed by atoms with Crippen LogP contribution in [0.5, 0.6) is 0 Å². The number of aromatic nitrogens is 3. The summed E-state index contributed by atoms with van der Waals surface area (Å²) in [6.07, 6.45) is 3.65. The van der Waals surface area contributed by atoms with Gasteiger partial charge in [0.15, 0.2) is 0 Å². The van der Waals surface area contributed by atoms with Crippen LogP contribution in [0.3, 0.4) is 0 Å². The first kappa shape index (κ1) is 16.3. The molecular weight excluding hydrogens is 348 g/mol. The van der Waals surface area contributed by atoms with E-state index in [1.807, 2.05) is 30.6 Å². The van der Waals surface area contributed by atoms with Gasteiger partial charge in [-0.25, -0.2) is 4.79 Å². The maximum absolute atomic E-state index is 11.5. The van der Waals surface area contributed by atoms with Gasteiger partial charge in [-0.2, -0.15) is 0 Å². The number of rotatable bonds is 4. The molecule has 5 aromatic rings. The molecule has 3 aromatic carbocycles. The first-order valence-electron chi connectivity index (χ1n) is 9.14. The minimum atomic E-state index is -0.198. The van der Waals surface area contributed by atoms with Gasteiger partial charge in [-0.3, -0.25) is 4.98 Å². The van der Waals surface area contributed by atoms with Crippen LogP contribution in [-0.2, 0) is 6.54 Å². The summed E-state index contributed by atoms with van der Waals surface area (Å²) in [6, 6.07) is 22.8. The van der Waals surface area contributed by atoms with E-state index < -0.39 is 0 Å². The zero-order valence-electron chi connectivity index (χ0n) is 15.1. The molecule has 2 heterocycles. The molecule has 5 rings (SSSR count). The second-order valence-corrected chi connectivity index (χ2v) is 6.84. The lowest BCUT2D eigenvalue weighted by Gasteiger charge is -2.09. The Kier molecular flexibility index (Phi) is 3.91. The van der Waals surface area contributed by atoms with Crippen molar-refractivity contribution in [3.63, 3.8) is 0 Å². The van der Waals surface area contributed by atoms with Crippen molar-refractivity contribution in [2.24, 2.45) is 0 Å². The van der Waals surface area contributed by atoms with E-state index in [1.54, 1.807) is 0 Å². The highest BCUT2D eigenvalue weighted by Crippen LogP contribution is 2.24. The molecule has 28 heavy (non-hydrogen) atoms. The number of hydrogen-bond donors (Lipinski definition) is 3. The van der Waals surface area contributed by atoms with Crippen LogP contribution in [0.2, 0.25) is 0 Å². The third kappa shape index (κ3) is 3.14. The number of imidazole rings is 1. The number of fused-ring (bicyclic) bond motifs is 2. The molecule has 0 bridgehead atoms. The topological polar surface area (TPSA) is 73.6 Å². The summed E-state index contributed by atoms with van der Waals surface area (Å²) in [4.78, 5) is 21.4. The fourth-order valence-electron chi connectivity index (χ4n) is 3.46. The smallest absolute Gasteiger partial charge is 0.323 e. The van der Waals surface area contributed by atoms with Gasteiger partial charge in [-0.1, -0.05) is 42.5 Å². The Morgan fingerprint density at radius 2 is 1.64 bits per heavy atom. The zero-order chi connectivity index (χ0) is 18.9. The van der Waals surface area contributed by atoms with Crippen LogP contribution in [0.25, 0.3) is 32.9 Å². The molecule has 0 saturated heterocycles. The number of hydrogen-bond acceptors (Lipinski definition) is 3. The first-order valence-corrected chi connectivity index (χ1v) is 9.14. The van der Waals surface area contributed by atoms with Gasteiger partial charge in [0.05, 0.1) is 16.7 Å². The van der Waals surface area contributed by atoms with Crippen LogP contribution in [0.15, 0.2) is 83.9 Å². The molecule has 0 atom stereocenters. The summed E-state index contributed by atoms with van der Waals surface area (Å²) in [6.45, 7) is 0.722. The predicted molar refractivity (Wildman–Crippen MR) is 113 cm³/mol. The Morgan fingerprint density at radius 1 is 0.786 bits per heavy atom. The van der Waals surface area contributed by atoms with Crippen molar-refractivity contribution in [1.29, 1.82) is 0 Å². The molecule has 0 aliphatic rings. The Balaban J connectivity index is 1.39. The summed E-state index contributed by atoms with van der Waals surface area (Å²) < 4.78 is 0. The van der Waals surface area contributed by atoms with Gasteiger partial charge in [-0.15, -0.1) is 0 Å². The van der Waals surface area contributed by atoms with Gasteiger partial charge in [-0.05, 0) is 46.2 Å². The van der Waals surface area contributed by atoms with Gasteiger partial charge in [0.2, 0.25) is 0 Å². The number of nitrogens with one attached hydrogen (secondary N) is 3. The highest BCUT2D eigenvalue weighted by molar-refractivity contribution is 5.83. The minimum Gasteiger partial charge on any atom is -0.380 e. The van der Waals surface area contributed by atoms with E-state index in [1.165, 1.54) is 16.3 Å². The van der Waals surface area contributed by atoms with Crippen LogP contribution >= 0.6 is 0 Å². The van der Waals surface area contributed by atoms with Crippen molar-refractivity contribution in [3.05, 3.63) is 95.2 Å². The number of nitrogens with zero attached hydrogens (tertiary/aromatic N) is 1. The van der Waals surface area contributed by atoms with Crippen LogP contribution in [-0.4, -0.2) is 15.0 Å². The fourth-order valence-corrected chi connectivity index (χ4v) is 3.46. The predicted octanol–water partition coefficient (Wildman–Crippen LogP) is 4.68. The Bertz CT molecular complexity index is 1350. The summed E-state index contributed by atoms with van der Waals surface area (Å²) >= 11 is 0. The van der Waals surface area contributed by atoms with Crippen molar-refractivity contribution >= 4 is 27.5 Å². The molecule has 0 aliphatic carbocycles. The fraction of sp³-hybridized carbons (Fsp3) is 0.0435. The largest absolute Gasteiger partial charge is 0.380 e. The maximum atomic E-state index is 11.5. The Hall–Kier alpha value is -3.86. The van der Waals surface area contributed by atoms with E-state index in [4.69, 9.17) is 0 Å². The summed E-state index contributed by atoms with van der Waals surface area (Å²) in [5.41, 5.74) is 5.56. The third-order valence-corrected chi connectivity index (χ3v) is 4.90. The molecule has 0 amide bonds. The summed E-state index contributed by atoms with van der Waals surface area (Å²) in [7, 11) is 0. The first-order chi connectivity index (χ1) is 13.7. The Labute approximate surface area is 161 Å². The SMILES string of the molecule is O=c1[nH]c2ccc(-c3cncc(NCc4ccc5ccccc5c4)c3)cc2[nH]1. The van der Waals surface area contributed by atoms with E-state index in [0.717, 1.165) is 34.4 Å². The maximum Gasteiger partial charge on any atom is 0.323 e. The molecule has 5 heteroatoms. The van der Waals surface area contributed by atoms with Crippen molar-refractivity contribution in [1.82, 2.24) is 15.0 Å². The summed E-state index contributed by atoms with van der Waals surface area (Å²) in [5.74, 6) is 0. The van der Waals surface area contributed by atoms with E-state index in [0.29, 0.717) is 0 Å². The lowest BCUT2D eigenvalue weighted by molar-refractivity contribution is 1.14. The van der Waals surface area contributed by atoms with Gasteiger partial charge >= 0.3 is 5.69 Å². The highest BCUT2D eigenvalue weighted by Gasteiger charge is 2.04. The van der Waals surface area contributed by atoms with Gasteiger partial charge in [0, 0.05) is 24.5 Å². The van der Waals surface area contributed by atoms with Crippen molar-refractivity contribution < 1.29 is 0 Å². The van der Waals surface area contributed by atoms with Crippen molar-refractivity contribution in [2.75, 3.05) is 5.32 Å². The lowest BCUT2D eigenvalue weighted by atomic mass is 10.1. The van der Waals surface area contributed by atoms with Gasteiger partial charge < -0.3 is 15.3 Å². The molecule has 0 fully saturated rings. The van der Waals surface area contributed by atoms with Gasteiger partial charge in [0.25, 0.3) is 0 Å². The number of H-pyrrole nitrogens is 2. The lowest BCUT2D eigenvalue weighted by Crippen LogP contribution is -2.00. The molecule has 0 unspecified atom stereocenters. The standard InChI is InChI=1S/C23H18N4O/c28-23-26-21-8-7-18(11-22(21)27-23)19-10-20(14-24-13-19)25-12-15-5-6-16-3-1-2-4-17(16)9-15/h1-11,13-14,25H,12H2,(H2,26,27,28). The minimum absolute atomic E-state index is 0.198. The average molecular weight is 366 g/mol. The van der Waals surface area contributed by atoms with E-state index in [2.05, 4.69) is 68.8 Å². The highest BCUT2D eigenvalue weighted by atomic mass is 16.1. The van der Waals surface area contributed by atoms with E-state index in [9.17, 15) is 4.79 Å². The van der Waals surface area contributed by atoms with Crippen molar-refractivity contribution in [2.45, 2.75) is 6.54 Å². The second-order valence-electron chi connectivity index (χ2n) is 6.84. The third-order valence-electron chi connectivity index (χ3n) is 4.90. The van der Waals surface area contributed by atoms with E-state index in [-0.39, 0.29) is 5.69 Å². The van der Waals surface area contributed by atoms with Crippen LogP contribution in [0.4, 0.5) is 5.69 Å². The van der Waals surface area contributed by atoms with Gasteiger partial charge in [0.1, 0.15) is 0 Å². The molecule has 5 nitrogen and oxygen atoms in total. The van der Waals surface area contributed by atoms with Crippen molar-refractivity contribution in [3.8, 4) is 11.1 Å². The number of benzene rings is 3. The van der Waals surface area contributed by atoms with Crippen LogP contribution in [0, 0.1) is 0 Å². The molecule has 136 valence electrons. The molecule has 2 aromatic heterocycles. The molecule has 0 aliphatic heterocycles. The quantitative estimate of drug-likeness (QED) is 0.432. The number of pyridine rings is 1. The summed E-state index contributed by atoms with van der Waals surface area (Å²) in [5, 5.41) is 5.93. The normalized spacial score (nSPS) is 11.1. The van der Waals surface area contributed by atoms with E-state index >= 15 is 0 Å². The average Bonchev–Trinajstić information content (AvgIpc) is 3.11. The second kappa shape index (κ2) is 6.70. The molecule has 0 spiro atoms. The van der Waals surface area contributed by atoms with Crippen LogP contribution < -0.4 is 11.0 Å². The molecule has 0 saturated carbocycles.